The Balaban J connectivity index is 1.87. The number of thiophene rings is 1. The molecule has 1 aliphatic rings. The van der Waals surface area contributed by atoms with Crippen molar-refractivity contribution in [2.75, 3.05) is 6.54 Å². The molecule has 0 aliphatic heterocycles. The van der Waals surface area contributed by atoms with Crippen LogP contribution in [0.1, 0.15) is 50.5 Å². The largest absolute Gasteiger partial charge is 0.313 e. The van der Waals surface area contributed by atoms with Gasteiger partial charge in [-0.05, 0) is 43.7 Å². The summed E-state index contributed by atoms with van der Waals surface area (Å²) in [4.78, 5) is 19.6. The van der Waals surface area contributed by atoms with Crippen molar-refractivity contribution >= 4 is 21.6 Å². The topological polar surface area (TPSA) is 46.9 Å². The molecule has 2 heterocycles. The first-order chi connectivity index (χ1) is 11.1. The fourth-order valence-electron chi connectivity index (χ4n) is 3.27. The Kier molecular flexibility index (Phi) is 5.17. The minimum absolute atomic E-state index is 0.162. The number of hydrogen-bond donors (Lipinski definition) is 1. The van der Waals surface area contributed by atoms with Crippen molar-refractivity contribution in [3.63, 3.8) is 0 Å². The number of unbranched alkanes of at least 4 members (excludes halogenated alkanes) is 1. The van der Waals surface area contributed by atoms with E-state index in [0.717, 1.165) is 55.4 Å². The fraction of sp³-hybridized carbons (Fsp3) is 0.667. The highest BCUT2D eigenvalue weighted by atomic mass is 32.1. The summed E-state index contributed by atoms with van der Waals surface area (Å²) in [5.74, 6) is 0.672. The van der Waals surface area contributed by atoms with E-state index in [9.17, 15) is 4.79 Å². The number of nitrogens with zero attached hydrogens (tertiary/aromatic N) is 2. The molecular weight excluding hydrogens is 306 g/mol. The van der Waals surface area contributed by atoms with Crippen molar-refractivity contribution in [3.8, 4) is 0 Å². The molecule has 23 heavy (non-hydrogen) atoms. The molecule has 1 N–H and O–H groups in total. The zero-order valence-corrected chi connectivity index (χ0v) is 15.2. The molecule has 1 atom stereocenters. The molecule has 0 radical (unpaired) electrons. The second kappa shape index (κ2) is 7.14. The quantitative estimate of drug-likeness (QED) is 0.882. The third-order valence-corrected chi connectivity index (χ3v) is 5.77. The molecule has 3 rings (SSSR count). The second-order valence-corrected chi connectivity index (χ2v) is 8.11. The van der Waals surface area contributed by atoms with Gasteiger partial charge in [-0.3, -0.25) is 9.36 Å². The first-order valence-electron chi connectivity index (χ1n) is 8.83. The van der Waals surface area contributed by atoms with Gasteiger partial charge in [0.1, 0.15) is 4.83 Å². The van der Waals surface area contributed by atoms with Crippen molar-refractivity contribution in [1.29, 1.82) is 0 Å². The normalized spacial score (nSPS) is 17.8. The van der Waals surface area contributed by atoms with Crippen LogP contribution in [-0.4, -0.2) is 22.1 Å². The van der Waals surface area contributed by atoms with E-state index in [-0.39, 0.29) is 5.56 Å². The van der Waals surface area contributed by atoms with Gasteiger partial charge in [0.25, 0.3) is 5.56 Å². The van der Waals surface area contributed by atoms with Gasteiger partial charge in [-0.15, -0.1) is 11.3 Å². The molecule has 2 aromatic heterocycles. The third kappa shape index (κ3) is 3.50. The average molecular weight is 334 g/mol. The van der Waals surface area contributed by atoms with E-state index in [1.165, 1.54) is 10.4 Å². The Morgan fingerprint density at radius 3 is 3.04 bits per heavy atom. The molecule has 0 aromatic carbocycles. The van der Waals surface area contributed by atoms with Crippen LogP contribution in [0.5, 0.6) is 0 Å². The highest BCUT2D eigenvalue weighted by Crippen LogP contribution is 2.33. The number of rotatable bonds is 6. The van der Waals surface area contributed by atoms with Gasteiger partial charge in [-0.25, -0.2) is 4.98 Å². The summed E-state index contributed by atoms with van der Waals surface area (Å²) in [5.41, 5.74) is 1.44. The summed E-state index contributed by atoms with van der Waals surface area (Å²) in [6.45, 7) is 8.47. The maximum Gasteiger partial charge on any atom is 0.262 e. The third-order valence-electron chi connectivity index (χ3n) is 4.60. The molecule has 126 valence electrons. The molecule has 0 amide bonds. The zero-order chi connectivity index (χ0) is 16.4. The smallest absolute Gasteiger partial charge is 0.262 e. The minimum Gasteiger partial charge on any atom is -0.313 e. The van der Waals surface area contributed by atoms with E-state index in [4.69, 9.17) is 0 Å². The van der Waals surface area contributed by atoms with E-state index in [2.05, 4.69) is 31.1 Å². The SMILES string of the molecule is CCCCn1cnc2sc3c(c2c1=O)CC[C@@H](NCC(C)C)C3. The van der Waals surface area contributed by atoms with E-state index < -0.39 is 0 Å². The van der Waals surface area contributed by atoms with Crippen molar-refractivity contribution in [3.05, 3.63) is 27.1 Å². The summed E-state index contributed by atoms with van der Waals surface area (Å²) < 4.78 is 1.79. The Morgan fingerprint density at radius 1 is 1.48 bits per heavy atom. The van der Waals surface area contributed by atoms with Crippen LogP contribution in [0.4, 0.5) is 0 Å². The highest BCUT2D eigenvalue weighted by molar-refractivity contribution is 7.18. The molecule has 0 saturated heterocycles. The molecule has 4 nitrogen and oxygen atoms in total. The van der Waals surface area contributed by atoms with E-state index in [1.54, 1.807) is 22.2 Å². The number of nitrogens with one attached hydrogen (secondary N) is 1. The van der Waals surface area contributed by atoms with Crippen molar-refractivity contribution in [1.82, 2.24) is 14.9 Å². The van der Waals surface area contributed by atoms with Gasteiger partial charge < -0.3 is 5.32 Å². The summed E-state index contributed by atoms with van der Waals surface area (Å²) in [6.07, 6.45) is 7.01. The van der Waals surface area contributed by atoms with Crippen molar-refractivity contribution in [2.45, 2.75) is 65.5 Å². The van der Waals surface area contributed by atoms with Gasteiger partial charge in [-0.1, -0.05) is 27.2 Å². The van der Waals surface area contributed by atoms with Gasteiger partial charge in [0, 0.05) is 17.5 Å². The van der Waals surface area contributed by atoms with Crippen LogP contribution in [0.25, 0.3) is 10.2 Å². The number of fused-ring (bicyclic) bond motifs is 3. The minimum atomic E-state index is 0.162. The van der Waals surface area contributed by atoms with Gasteiger partial charge in [0.2, 0.25) is 0 Å². The van der Waals surface area contributed by atoms with Crippen LogP contribution < -0.4 is 10.9 Å². The van der Waals surface area contributed by atoms with E-state index in [1.807, 2.05) is 0 Å². The van der Waals surface area contributed by atoms with Crippen LogP contribution in [0.2, 0.25) is 0 Å². The summed E-state index contributed by atoms with van der Waals surface area (Å²) in [6, 6.07) is 0.542. The lowest BCUT2D eigenvalue weighted by Crippen LogP contribution is -2.36. The number of aryl methyl sites for hydroxylation is 2. The van der Waals surface area contributed by atoms with Crippen LogP contribution in [0.15, 0.2) is 11.1 Å². The maximum atomic E-state index is 12.8. The van der Waals surface area contributed by atoms with E-state index >= 15 is 0 Å². The van der Waals surface area contributed by atoms with Crippen molar-refractivity contribution in [2.24, 2.45) is 5.92 Å². The molecule has 0 bridgehead atoms. The predicted molar refractivity (Wildman–Crippen MR) is 97.4 cm³/mol. The average Bonchev–Trinajstić information content (AvgIpc) is 2.90. The second-order valence-electron chi connectivity index (χ2n) is 7.02. The fourth-order valence-corrected chi connectivity index (χ4v) is 4.52. The molecule has 5 heteroatoms. The molecule has 0 spiro atoms. The first-order valence-corrected chi connectivity index (χ1v) is 9.64. The monoisotopic (exact) mass is 333 g/mol. The Labute approximate surface area is 141 Å². The van der Waals surface area contributed by atoms with Crippen LogP contribution in [0, 0.1) is 5.92 Å². The van der Waals surface area contributed by atoms with Crippen molar-refractivity contribution < 1.29 is 0 Å². The lowest BCUT2D eigenvalue weighted by Gasteiger charge is -2.24. The van der Waals surface area contributed by atoms with Crippen LogP contribution in [0.3, 0.4) is 0 Å². The lowest BCUT2D eigenvalue weighted by atomic mass is 9.93. The molecule has 0 saturated carbocycles. The van der Waals surface area contributed by atoms with Crippen LogP contribution in [-0.2, 0) is 19.4 Å². The van der Waals surface area contributed by atoms with Crippen LogP contribution >= 0.6 is 11.3 Å². The molecule has 0 unspecified atom stereocenters. The summed E-state index contributed by atoms with van der Waals surface area (Å²) >= 11 is 1.72. The standard InChI is InChI=1S/C18H27N3OS/c1-4-5-8-21-11-20-17-16(18(21)22)14-7-6-13(9-15(14)23-17)19-10-12(2)3/h11-13,19H,4-10H2,1-3H3/t13-/m1/s1. The highest BCUT2D eigenvalue weighted by Gasteiger charge is 2.25. The predicted octanol–water partition coefficient (Wildman–Crippen LogP) is 3.36. The summed E-state index contributed by atoms with van der Waals surface area (Å²) in [5, 5.41) is 4.56. The summed E-state index contributed by atoms with van der Waals surface area (Å²) in [7, 11) is 0. The molecular formula is C18H27N3OS. The molecule has 2 aromatic rings. The maximum absolute atomic E-state index is 12.8. The number of hydrogen-bond acceptors (Lipinski definition) is 4. The number of aromatic nitrogens is 2. The first kappa shape index (κ1) is 16.7. The molecule has 1 aliphatic carbocycles. The van der Waals surface area contributed by atoms with Gasteiger partial charge in [0.15, 0.2) is 0 Å². The zero-order valence-electron chi connectivity index (χ0n) is 14.4. The Hall–Kier alpha value is -1.20. The van der Waals surface area contributed by atoms with Gasteiger partial charge in [0.05, 0.1) is 11.7 Å². The van der Waals surface area contributed by atoms with Gasteiger partial charge >= 0.3 is 0 Å². The Bertz CT molecular complexity index is 732. The van der Waals surface area contributed by atoms with E-state index in [0.29, 0.717) is 12.0 Å². The Morgan fingerprint density at radius 2 is 2.30 bits per heavy atom. The van der Waals surface area contributed by atoms with Gasteiger partial charge in [-0.2, -0.15) is 0 Å². The molecule has 0 fully saturated rings. The lowest BCUT2D eigenvalue weighted by molar-refractivity contribution is 0.428.